The minimum atomic E-state index is -0.0440. The van der Waals surface area contributed by atoms with Crippen molar-refractivity contribution in [2.24, 2.45) is 11.1 Å². The average molecular weight is 259 g/mol. The average Bonchev–Trinajstić information content (AvgIpc) is 3.08. The molecule has 1 aliphatic carbocycles. The first-order valence-electron chi connectivity index (χ1n) is 6.62. The van der Waals surface area contributed by atoms with E-state index in [1.807, 2.05) is 28.9 Å². The van der Waals surface area contributed by atoms with Gasteiger partial charge in [0.05, 0.1) is 25.0 Å². The molecule has 19 heavy (non-hydrogen) atoms. The predicted molar refractivity (Wildman–Crippen MR) is 70.1 cm³/mol. The van der Waals surface area contributed by atoms with Gasteiger partial charge in [0.25, 0.3) is 0 Å². The summed E-state index contributed by atoms with van der Waals surface area (Å²) < 4.78 is 13.7. The monoisotopic (exact) mass is 259 g/mol. The second-order valence-corrected chi connectivity index (χ2v) is 5.88. The highest BCUT2D eigenvalue weighted by Gasteiger charge is 2.62. The highest BCUT2D eigenvalue weighted by molar-refractivity contribution is 5.41. The van der Waals surface area contributed by atoms with Crippen LogP contribution < -0.4 is 10.5 Å². The Labute approximate surface area is 111 Å². The van der Waals surface area contributed by atoms with Crippen molar-refractivity contribution >= 4 is 5.65 Å². The number of pyridine rings is 1. The third-order valence-electron chi connectivity index (χ3n) is 4.36. The number of fused-ring (bicyclic) bond motifs is 2. The third-order valence-corrected chi connectivity index (χ3v) is 4.36. The van der Waals surface area contributed by atoms with E-state index in [0.29, 0.717) is 13.2 Å². The predicted octanol–water partition coefficient (Wildman–Crippen LogP) is 1.22. The number of rotatable bonds is 4. The van der Waals surface area contributed by atoms with Gasteiger partial charge < -0.3 is 19.6 Å². The van der Waals surface area contributed by atoms with Gasteiger partial charge in [0, 0.05) is 24.4 Å². The molecule has 1 saturated carbocycles. The van der Waals surface area contributed by atoms with Crippen LogP contribution in [0.15, 0.2) is 30.7 Å². The lowest BCUT2D eigenvalue weighted by atomic mass is 9.63. The summed E-state index contributed by atoms with van der Waals surface area (Å²) >= 11 is 0. The molecule has 0 amide bonds. The SMILES string of the molecule is NCC12CC(COc3ccc4nccn4c3)(CO1)C2. The zero-order chi connectivity index (χ0) is 12.9. The fourth-order valence-corrected chi connectivity index (χ4v) is 3.39. The molecule has 0 unspecified atom stereocenters. The smallest absolute Gasteiger partial charge is 0.136 e. The molecule has 5 rings (SSSR count). The van der Waals surface area contributed by atoms with E-state index in [9.17, 15) is 0 Å². The first-order chi connectivity index (χ1) is 9.23. The topological polar surface area (TPSA) is 61.8 Å². The first kappa shape index (κ1) is 11.3. The molecule has 0 aromatic carbocycles. The van der Waals surface area contributed by atoms with Crippen molar-refractivity contribution in [2.75, 3.05) is 19.8 Å². The molecule has 2 aromatic rings. The third kappa shape index (κ3) is 1.65. The van der Waals surface area contributed by atoms with Crippen LogP contribution in [0.5, 0.6) is 5.75 Å². The molecule has 4 heterocycles. The molecule has 2 aromatic heterocycles. The van der Waals surface area contributed by atoms with E-state index in [1.165, 1.54) is 0 Å². The number of nitrogens with zero attached hydrogens (tertiary/aromatic N) is 2. The summed E-state index contributed by atoms with van der Waals surface area (Å²) in [7, 11) is 0. The van der Waals surface area contributed by atoms with E-state index in [2.05, 4.69) is 4.98 Å². The summed E-state index contributed by atoms with van der Waals surface area (Å²) in [6.07, 6.45) is 7.73. The Morgan fingerprint density at radius 1 is 1.42 bits per heavy atom. The lowest BCUT2D eigenvalue weighted by Crippen LogP contribution is -2.51. The van der Waals surface area contributed by atoms with Gasteiger partial charge in [-0.25, -0.2) is 4.98 Å². The van der Waals surface area contributed by atoms with E-state index in [0.717, 1.165) is 30.8 Å². The van der Waals surface area contributed by atoms with Crippen LogP contribution in [0.3, 0.4) is 0 Å². The standard InChI is InChI=1S/C14H17N3O2/c15-8-14-6-13(7-14,10-19-14)9-18-11-1-2-12-16-3-4-17(12)5-11/h1-5H,6-10,15H2. The number of hydrogen-bond acceptors (Lipinski definition) is 4. The molecular weight excluding hydrogens is 242 g/mol. The lowest BCUT2D eigenvalue weighted by Gasteiger charge is -2.43. The molecule has 5 heteroatoms. The summed E-state index contributed by atoms with van der Waals surface area (Å²) in [5.41, 5.74) is 6.82. The molecule has 3 aliphatic rings. The Bertz CT molecular complexity index is 616. The van der Waals surface area contributed by atoms with Gasteiger partial charge in [-0.3, -0.25) is 0 Å². The Morgan fingerprint density at radius 3 is 3.11 bits per heavy atom. The van der Waals surface area contributed by atoms with Crippen LogP contribution in [0.4, 0.5) is 0 Å². The summed E-state index contributed by atoms with van der Waals surface area (Å²) in [6.45, 7) is 2.10. The van der Waals surface area contributed by atoms with E-state index in [1.54, 1.807) is 6.20 Å². The summed E-state index contributed by atoms with van der Waals surface area (Å²) in [5, 5.41) is 0. The molecule has 2 saturated heterocycles. The van der Waals surface area contributed by atoms with Crippen molar-refractivity contribution in [3.8, 4) is 5.75 Å². The Kier molecular flexibility index (Phi) is 2.20. The van der Waals surface area contributed by atoms with Crippen LogP contribution in [0.2, 0.25) is 0 Å². The number of aromatic nitrogens is 2. The van der Waals surface area contributed by atoms with Gasteiger partial charge in [0.1, 0.15) is 11.4 Å². The maximum absolute atomic E-state index is 5.93. The summed E-state index contributed by atoms with van der Waals surface area (Å²) in [6, 6.07) is 3.92. The van der Waals surface area contributed by atoms with E-state index in [-0.39, 0.29) is 11.0 Å². The number of nitrogens with two attached hydrogens (primary N) is 1. The van der Waals surface area contributed by atoms with Crippen LogP contribution in [-0.4, -0.2) is 34.7 Å². The first-order valence-corrected chi connectivity index (χ1v) is 6.62. The van der Waals surface area contributed by atoms with Gasteiger partial charge >= 0.3 is 0 Å². The largest absolute Gasteiger partial charge is 0.491 e. The summed E-state index contributed by atoms with van der Waals surface area (Å²) in [4.78, 5) is 4.21. The quantitative estimate of drug-likeness (QED) is 0.896. The lowest BCUT2D eigenvalue weighted by molar-refractivity contribution is -0.0169. The van der Waals surface area contributed by atoms with Crippen LogP contribution in [0.1, 0.15) is 12.8 Å². The second-order valence-electron chi connectivity index (χ2n) is 5.88. The molecule has 2 N–H and O–H groups in total. The molecule has 100 valence electrons. The van der Waals surface area contributed by atoms with Gasteiger partial charge in [-0.05, 0) is 25.0 Å². The number of ether oxygens (including phenoxy) is 2. The molecule has 5 nitrogen and oxygen atoms in total. The molecule has 2 aliphatic heterocycles. The zero-order valence-electron chi connectivity index (χ0n) is 10.7. The molecular formula is C14H17N3O2. The normalized spacial score (nSPS) is 32.5. The van der Waals surface area contributed by atoms with Gasteiger partial charge in [-0.2, -0.15) is 0 Å². The Hall–Kier alpha value is -1.59. The molecule has 0 radical (unpaired) electrons. The number of hydrogen-bond donors (Lipinski definition) is 1. The van der Waals surface area contributed by atoms with Crippen molar-refractivity contribution in [3.05, 3.63) is 30.7 Å². The molecule has 2 bridgehead atoms. The van der Waals surface area contributed by atoms with Crippen molar-refractivity contribution in [1.82, 2.24) is 9.38 Å². The fourth-order valence-electron chi connectivity index (χ4n) is 3.39. The number of imidazole rings is 1. The van der Waals surface area contributed by atoms with E-state index >= 15 is 0 Å². The van der Waals surface area contributed by atoms with Crippen molar-refractivity contribution in [1.29, 1.82) is 0 Å². The maximum atomic E-state index is 5.93. The highest BCUT2D eigenvalue weighted by Crippen LogP contribution is 2.57. The summed E-state index contributed by atoms with van der Waals surface area (Å²) in [5.74, 6) is 0.872. The van der Waals surface area contributed by atoms with Crippen LogP contribution in [0.25, 0.3) is 5.65 Å². The molecule has 3 fully saturated rings. The van der Waals surface area contributed by atoms with Crippen LogP contribution in [-0.2, 0) is 4.74 Å². The van der Waals surface area contributed by atoms with E-state index < -0.39 is 0 Å². The van der Waals surface area contributed by atoms with Crippen molar-refractivity contribution < 1.29 is 9.47 Å². The van der Waals surface area contributed by atoms with Crippen LogP contribution in [0, 0.1) is 5.41 Å². The van der Waals surface area contributed by atoms with Crippen molar-refractivity contribution in [3.63, 3.8) is 0 Å². The van der Waals surface area contributed by atoms with Gasteiger partial charge in [0.15, 0.2) is 0 Å². The minimum absolute atomic E-state index is 0.0440. The fraction of sp³-hybridized carbons (Fsp3) is 0.500. The van der Waals surface area contributed by atoms with E-state index in [4.69, 9.17) is 15.2 Å². The van der Waals surface area contributed by atoms with Gasteiger partial charge in [-0.1, -0.05) is 0 Å². The Balaban J connectivity index is 1.45. The molecule has 0 atom stereocenters. The minimum Gasteiger partial charge on any atom is -0.491 e. The highest BCUT2D eigenvalue weighted by atomic mass is 16.5. The maximum Gasteiger partial charge on any atom is 0.136 e. The van der Waals surface area contributed by atoms with Gasteiger partial charge in [-0.15, -0.1) is 0 Å². The zero-order valence-corrected chi connectivity index (χ0v) is 10.7. The van der Waals surface area contributed by atoms with Crippen LogP contribution >= 0.6 is 0 Å². The Morgan fingerprint density at radius 2 is 2.32 bits per heavy atom. The second kappa shape index (κ2) is 3.71. The van der Waals surface area contributed by atoms with Crippen molar-refractivity contribution in [2.45, 2.75) is 18.4 Å². The van der Waals surface area contributed by atoms with Gasteiger partial charge in [0.2, 0.25) is 0 Å². The molecule has 0 spiro atoms.